The summed E-state index contributed by atoms with van der Waals surface area (Å²) in [6.07, 6.45) is 2.06. The van der Waals surface area contributed by atoms with Crippen molar-refractivity contribution in [1.82, 2.24) is 0 Å². The average molecular weight is 235 g/mol. The molecule has 1 N–H and O–H groups in total. The van der Waals surface area contributed by atoms with Crippen molar-refractivity contribution in [3.8, 4) is 0 Å². The second kappa shape index (κ2) is 6.94. The second-order valence-corrected chi connectivity index (χ2v) is 4.28. The van der Waals surface area contributed by atoms with Crippen LogP contribution in [0.5, 0.6) is 0 Å². The maximum atomic E-state index is 11.7. The van der Waals surface area contributed by atoms with Crippen LogP contribution in [0.3, 0.4) is 0 Å². The van der Waals surface area contributed by atoms with Gasteiger partial charge in [-0.1, -0.05) is 38.5 Å². The minimum Gasteiger partial charge on any atom is -0.467 e. The summed E-state index contributed by atoms with van der Waals surface area (Å²) in [5.41, 5.74) is 0.950. The fraction of sp³-hybridized carbons (Fsp3) is 0.500. The summed E-state index contributed by atoms with van der Waals surface area (Å²) in [6, 6.07) is 9.47. The van der Waals surface area contributed by atoms with E-state index in [0.717, 1.165) is 18.5 Å². The fourth-order valence-corrected chi connectivity index (χ4v) is 1.90. The lowest BCUT2D eigenvalue weighted by Gasteiger charge is -2.23. The maximum absolute atomic E-state index is 11.7. The van der Waals surface area contributed by atoms with Gasteiger partial charge in [0.1, 0.15) is 6.04 Å². The van der Waals surface area contributed by atoms with E-state index in [2.05, 4.69) is 19.2 Å². The lowest BCUT2D eigenvalue weighted by atomic mass is 9.96. The number of ether oxygens (including phenoxy) is 1. The lowest BCUT2D eigenvalue weighted by molar-refractivity contribution is -0.142. The first-order valence-electron chi connectivity index (χ1n) is 6.08. The standard InChI is InChI=1S/C14H21NO2/c1-4-8-11(2)13(14(16)17-3)15-12-9-6-5-7-10-12/h5-7,9-11,13,15H,4,8H2,1-3H3. The molecule has 3 nitrogen and oxygen atoms in total. The largest absolute Gasteiger partial charge is 0.467 e. The molecular weight excluding hydrogens is 214 g/mol. The molecule has 0 aromatic heterocycles. The third-order valence-corrected chi connectivity index (χ3v) is 2.86. The van der Waals surface area contributed by atoms with Crippen LogP contribution >= 0.6 is 0 Å². The Kier molecular flexibility index (Phi) is 5.53. The highest BCUT2D eigenvalue weighted by Crippen LogP contribution is 2.17. The molecule has 0 saturated carbocycles. The Hall–Kier alpha value is -1.51. The summed E-state index contributed by atoms with van der Waals surface area (Å²) < 4.78 is 4.85. The SMILES string of the molecule is CCCC(C)C(Nc1ccccc1)C(=O)OC. The number of hydrogen-bond acceptors (Lipinski definition) is 3. The number of rotatable bonds is 6. The van der Waals surface area contributed by atoms with Gasteiger partial charge in [-0.15, -0.1) is 0 Å². The molecule has 0 aliphatic heterocycles. The number of methoxy groups -OCH3 is 1. The van der Waals surface area contributed by atoms with Crippen LogP contribution in [0.15, 0.2) is 30.3 Å². The van der Waals surface area contributed by atoms with E-state index in [-0.39, 0.29) is 17.9 Å². The third kappa shape index (κ3) is 4.10. The lowest BCUT2D eigenvalue weighted by Crippen LogP contribution is -2.36. The molecule has 1 rings (SSSR count). The van der Waals surface area contributed by atoms with E-state index in [0.29, 0.717) is 0 Å². The van der Waals surface area contributed by atoms with Crippen molar-refractivity contribution in [2.75, 3.05) is 12.4 Å². The van der Waals surface area contributed by atoms with Crippen molar-refractivity contribution in [3.05, 3.63) is 30.3 Å². The zero-order chi connectivity index (χ0) is 12.7. The number of carbonyl (C=O) groups is 1. The molecule has 0 radical (unpaired) electrons. The van der Waals surface area contributed by atoms with Gasteiger partial charge in [0.05, 0.1) is 7.11 Å². The molecule has 2 atom stereocenters. The van der Waals surface area contributed by atoms with Crippen LogP contribution in [0.4, 0.5) is 5.69 Å². The van der Waals surface area contributed by atoms with Gasteiger partial charge in [0, 0.05) is 5.69 Å². The van der Waals surface area contributed by atoms with Crippen LogP contribution in [-0.4, -0.2) is 19.1 Å². The molecular formula is C14H21NO2. The van der Waals surface area contributed by atoms with Gasteiger partial charge in [0.2, 0.25) is 0 Å². The predicted octanol–water partition coefficient (Wildman–Crippen LogP) is 3.08. The first-order valence-corrected chi connectivity index (χ1v) is 6.08. The van der Waals surface area contributed by atoms with Crippen LogP contribution < -0.4 is 5.32 Å². The van der Waals surface area contributed by atoms with Crippen LogP contribution in [-0.2, 0) is 9.53 Å². The molecule has 0 spiro atoms. The molecule has 1 aromatic rings. The Morgan fingerprint density at radius 1 is 1.35 bits per heavy atom. The number of hydrogen-bond donors (Lipinski definition) is 1. The zero-order valence-electron chi connectivity index (χ0n) is 10.8. The van der Waals surface area contributed by atoms with Gasteiger partial charge in [-0.3, -0.25) is 0 Å². The predicted molar refractivity (Wildman–Crippen MR) is 69.9 cm³/mol. The third-order valence-electron chi connectivity index (χ3n) is 2.86. The zero-order valence-corrected chi connectivity index (χ0v) is 10.8. The number of para-hydroxylation sites is 1. The molecule has 0 aliphatic carbocycles. The van der Waals surface area contributed by atoms with E-state index in [4.69, 9.17) is 4.74 Å². The van der Waals surface area contributed by atoms with E-state index in [1.165, 1.54) is 7.11 Å². The van der Waals surface area contributed by atoms with E-state index < -0.39 is 0 Å². The Morgan fingerprint density at radius 2 is 2.00 bits per heavy atom. The van der Waals surface area contributed by atoms with E-state index >= 15 is 0 Å². The monoisotopic (exact) mass is 235 g/mol. The van der Waals surface area contributed by atoms with Gasteiger partial charge >= 0.3 is 5.97 Å². The van der Waals surface area contributed by atoms with Crippen LogP contribution in [0, 0.1) is 5.92 Å². The van der Waals surface area contributed by atoms with Crippen molar-refractivity contribution < 1.29 is 9.53 Å². The summed E-state index contributed by atoms with van der Waals surface area (Å²) in [5, 5.41) is 3.24. The van der Waals surface area contributed by atoms with Gasteiger partial charge in [0.25, 0.3) is 0 Å². The molecule has 0 aliphatic rings. The van der Waals surface area contributed by atoms with Gasteiger partial charge in [-0.25, -0.2) is 4.79 Å². The van der Waals surface area contributed by atoms with Crippen LogP contribution in [0.25, 0.3) is 0 Å². The summed E-state index contributed by atoms with van der Waals surface area (Å²) >= 11 is 0. The molecule has 0 fully saturated rings. The highest BCUT2D eigenvalue weighted by atomic mass is 16.5. The molecule has 0 bridgehead atoms. The first kappa shape index (κ1) is 13.6. The minimum atomic E-state index is -0.276. The van der Waals surface area contributed by atoms with Gasteiger partial charge < -0.3 is 10.1 Å². The van der Waals surface area contributed by atoms with Gasteiger partial charge in [0.15, 0.2) is 0 Å². The van der Waals surface area contributed by atoms with Gasteiger partial charge in [-0.05, 0) is 24.5 Å². The van der Waals surface area contributed by atoms with Crippen LogP contribution in [0.2, 0.25) is 0 Å². The van der Waals surface area contributed by atoms with E-state index in [1.807, 2.05) is 30.3 Å². The number of carbonyl (C=O) groups excluding carboxylic acids is 1. The number of benzene rings is 1. The van der Waals surface area contributed by atoms with E-state index in [9.17, 15) is 4.79 Å². The Balaban J connectivity index is 2.73. The molecule has 0 saturated heterocycles. The molecule has 2 unspecified atom stereocenters. The number of anilines is 1. The van der Waals surface area contributed by atoms with Crippen molar-refractivity contribution in [2.45, 2.75) is 32.7 Å². The normalized spacial score (nSPS) is 13.8. The smallest absolute Gasteiger partial charge is 0.328 e. The summed E-state index contributed by atoms with van der Waals surface area (Å²) in [5.74, 6) is 0.0578. The minimum absolute atomic E-state index is 0.199. The van der Waals surface area contributed by atoms with Gasteiger partial charge in [-0.2, -0.15) is 0 Å². The molecule has 1 aromatic carbocycles. The maximum Gasteiger partial charge on any atom is 0.328 e. The Morgan fingerprint density at radius 3 is 2.53 bits per heavy atom. The average Bonchev–Trinajstić information content (AvgIpc) is 2.36. The molecule has 0 heterocycles. The van der Waals surface area contributed by atoms with Crippen molar-refractivity contribution >= 4 is 11.7 Å². The fourth-order valence-electron chi connectivity index (χ4n) is 1.90. The van der Waals surface area contributed by atoms with Crippen molar-refractivity contribution in [1.29, 1.82) is 0 Å². The molecule has 0 amide bonds. The number of nitrogens with one attached hydrogen (secondary N) is 1. The summed E-state index contributed by atoms with van der Waals surface area (Å²) in [7, 11) is 1.43. The van der Waals surface area contributed by atoms with Crippen LogP contribution in [0.1, 0.15) is 26.7 Å². The number of esters is 1. The highest BCUT2D eigenvalue weighted by molar-refractivity contribution is 5.79. The Bertz CT molecular complexity index is 337. The van der Waals surface area contributed by atoms with Crippen molar-refractivity contribution in [3.63, 3.8) is 0 Å². The molecule has 94 valence electrons. The molecule has 3 heteroatoms. The summed E-state index contributed by atoms with van der Waals surface area (Å²) in [6.45, 7) is 4.19. The van der Waals surface area contributed by atoms with Crippen molar-refractivity contribution in [2.24, 2.45) is 5.92 Å². The first-order chi connectivity index (χ1) is 8.19. The Labute approximate surface area is 103 Å². The highest BCUT2D eigenvalue weighted by Gasteiger charge is 2.25. The quantitative estimate of drug-likeness (QED) is 0.770. The molecule has 17 heavy (non-hydrogen) atoms. The second-order valence-electron chi connectivity index (χ2n) is 4.28. The van der Waals surface area contributed by atoms with E-state index in [1.54, 1.807) is 0 Å². The topological polar surface area (TPSA) is 38.3 Å². The summed E-state index contributed by atoms with van der Waals surface area (Å²) in [4.78, 5) is 11.7.